The first-order valence-electron chi connectivity index (χ1n) is 10.3. The molecule has 31 heavy (non-hydrogen) atoms. The summed E-state index contributed by atoms with van der Waals surface area (Å²) >= 11 is 3.33. The Labute approximate surface area is 188 Å². The predicted octanol–water partition coefficient (Wildman–Crippen LogP) is 6.15. The molecule has 0 saturated heterocycles. The maximum atomic E-state index is 13.9. The number of ether oxygens (including phenoxy) is 1. The van der Waals surface area contributed by atoms with Gasteiger partial charge in [-0.3, -0.25) is 4.79 Å². The van der Waals surface area contributed by atoms with Crippen molar-refractivity contribution in [3.05, 3.63) is 80.4 Å². The van der Waals surface area contributed by atoms with Crippen molar-refractivity contribution in [3.8, 4) is 5.75 Å². The number of hydrogen-bond donors (Lipinski definition) is 0. The van der Waals surface area contributed by atoms with Crippen molar-refractivity contribution in [3.63, 3.8) is 0 Å². The van der Waals surface area contributed by atoms with E-state index in [2.05, 4.69) is 23.6 Å². The number of para-hydroxylation sites is 1. The molecule has 1 fully saturated rings. The molecule has 5 rings (SSSR count). The summed E-state index contributed by atoms with van der Waals surface area (Å²) in [6.07, 6.45) is 5.21. The van der Waals surface area contributed by atoms with E-state index in [1.165, 1.54) is 22.6 Å². The normalized spacial score (nSPS) is 21.8. The molecule has 1 saturated carbocycles. The minimum atomic E-state index is -0.479. The molecule has 3 heterocycles. The summed E-state index contributed by atoms with van der Waals surface area (Å²) < 4.78 is 19.4. The summed E-state index contributed by atoms with van der Waals surface area (Å²) in [6.45, 7) is -0.254. The van der Waals surface area contributed by atoms with Gasteiger partial charge in [0.2, 0.25) is 0 Å². The number of fused-ring (bicyclic) bond motifs is 1. The lowest BCUT2D eigenvalue weighted by Gasteiger charge is -2.28. The van der Waals surface area contributed by atoms with Gasteiger partial charge in [0.1, 0.15) is 0 Å². The number of allylic oxidation sites excluding steroid dienone is 1. The molecule has 7 heteroatoms. The monoisotopic (exact) mass is 452 g/mol. The molecular weight excluding hydrogens is 431 g/mol. The molecular formula is C24H21FN2O2S2. The van der Waals surface area contributed by atoms with E-state index in [-0.39, 0.29) is 30.2 Å². The van der Waals surface area contributed by atoms with Crippen molar-refractivity contribution in [1.29, 1.82) is 0 Å². The Morgan fingerprint density at radius 2 is 2.00 bits per heavy atom. The summed E-state index contributed by atoms with van der Waals surface area (Å²) in [5, 5.41) is 10.5. The molecule has 0 spiro atoms. The fourth-order valence-electron chi connectivity index (χ4n) is 4.26. The molecule has 1 amide bonds. The van der Waals surface area contributed by atoms with Crippen LogP contribution in [0.2, 0.25) is 0 Å². The van der Waals surface area contributed by atoms with Crippen LogP contribution in [0.25, 0.3) is 6.08 Å². The van der Waals surface area contributed by atoms with Crippen LogP contribution in [-0.4, -0.2) is 23.2 Å². The highest BCUT2D eigenvalue weighted by Crippen LogP contribution is 2.45. The zero-order valence-electron chi connectivity index (χ0n) is 16.7. The number of carbonyl (C=O) groups is 1. The molecule has 1 aliphatic carbocycles. The zero-order chi connectivity index (χ0) is 21.2. The number of thiophene rings is 2. The van der Waals surface area contributed by atoms with Gasteiger partial charge in [-0.1, -0.05) is 24.3 Å². The number of benzene rings is 1. The maximum Gasteiger partial charge on any atom is 0.281 e. The second-order valence-electron chi connectivity index (χ2n) is 7.59. The van der Waals surface area contributed by atoms with Crippen LogP contribution in [0.3, 0.4) is 0 Å². The summed E-state index contributed by atoms with van der Waals surface area (Å²) in [4.78, 5) is 15.5. The minimum Gasteiger partial charge on any atom is -0.481 e. The van der Waals surface area contributed by atoms with Gasteiger partial charge in [-0.2, -0.15) is 5.10 Å². The van der Waals surface area contributed by atoms with E-state index in [9.17, 15) is 9.18 Å². The third-order valence-electron chi connectivity index (χ3n) is 5.64. The van der Waals surface area contributed by atoms with Crippen LogP contribution in [0.4, 0.5) is 4.39 Å². The summed E-state index contributed by atoms with van der Waals surface area (Å²) in [5.74, 6) is -0.506. The molecule has 3 aromatic rings. The molecule has 4 nitrogen and oxygen atoms in total. The molecule has 158 valence electrons. The molecule has 0 unspecified atom stereocenters. The van der Waals surface area contributed by atoms with E-state index >= 15 is 0 Å². The number of amides is 1. The van der Waals surface area contributed by atoms with Crippen LogP contribution in [0, 0.1) is 11.7 Å². The first-order chi connectivity index (χ1) is 15.2. The van der Waals surface area contributed by atoms with E-state index in [1.54, 1.807) is 39.8 Å². The van der Waals surface area contributed by atoms with Gasteiger partial charge in [-0.05, 0) is 65.9 Å². The van der Waals surface area contributed by atoms with Gasteiger partial charge in [0.15, 0.2) is 18.2 Å². The number of halogens is 1. The molecule has 0 radical (unpaired) electrons. The Balaban J connectivity index is 1.44. The highest BCUT2D eigenvalue weighted by molar-refractivity contribution is 7.11. The second-order valence-corrected chi connectivity index (χ2v) is 9.55. The lowest BCUT2D eigenvalue weighted by atomic mass is 9.79. The SMILES string of the molecule is O=C(COc1ccccc1F)N1N=C2/C(=C/c3cccs3)CCC[C@@H]2[C@@H]1c1cccs1. The maximum absolute atomic E-state index is 13.9. The van der Waals surface area contributed by atoms with Crippen molar-refractivity contribution in [1.82, 2.24) is 5.01 Å². The van der Waals surface area contributed by atoms with Gasteiger partial charge >= 0.3 is 0 Å². The van der Waals surface area contributed by atoms with Crippen molar-refractivity contribution in [2.24, 2.45) is 11.0 Å². The number of carbonyl (C=O) groups excluding carboxylic acids is 1. The van der Waals surface area contributed by atoms with Crippen LogP contribution in [0.1, 0.15) is 35.1 Å². The van der Waals surface area contributed by atoms with Gasteiger partial charge in [0, 0.05) is 15.7 Å². The van der Waals surface area contributed by atoms with Crippen LogP contribution >= 0.6 is 22.7 Å². The summed E-state index contributed by atoms with van der Waals surface area (Å²) in [5.41, 5.74) is 2.20. The van der Waals surface area contributed by atoms with E-state index in [1.807, 2.05) is 17.5 Å². The van der Waals surface area contributed by atoms with Crippen LogP contribution in [0.5, 0.6) is 5.75 Å². The molecule has 0 N–H and O–H groups in total. The van der Waals surface area contributed by atoms with Gasteiger partial charge in [0.05, 0.1) is 11.8 Å². The topological polar surface area (TPSA) is 41.9 Å². The van der Waals surface area contributed by atoms with Gasteiger partial charge in [-0.25, -0.2) is 9.40 Å². The molecule has 1 aliphatic heterocycles. The van der Waals surface area contributed by atoms with Gasteiger partial charge in [-0.15, -0.1) is 22.7 Å². The highest BCUT2D eigenvalue weighted by Gasteiger charge is 2.44. The molecule has 1 aromatic carbocycles. The van der Waals surface area contributed by atoms with Crippen LogP contribution < -0.4 is 4.74 Å². The van der Waals surface area contributed by atoms with Crippen molar-refractivity contribution in [2.45, 2.75) is 25.3 Å². The standard InChI is InChI=1S/C24H21FN2O2S2/c25-19-9-1-2-10-20(19)29-15-22(28)27-24(21-11-5-13-31-21)18-8-3-6-16(23(18)26-27)14-17-7-4-12-30-17/h1-2,4-5,7,9-14,18,24H,3,6,8,15H2/b16-14+/t18-,24+/m0/s1. The Morgan fingerprint density at radius 1 is 1.16 bits per heavy atom. The fourth-order valence-corrected chi connectivity index (χ4v) is 5.81. The Bertz CT molecular complexity index is 1120. The van der Waals surface area contributed by atoms with Crippen molar-refractivity contribution >= 4 is 40.4 Å². The highest BCUT2D eigenvalue weighted by atomic mass is 32.1. The second kappa shape index (κ2) is 8.77. The third-order valence-corrected chi connectivity index (χ3v) is 7.40. The molecule has 0 bridgehead atoms. The number of rotatable bonds is 5. The number of hydrogen-bond acceptors (Lipinski definition) is 5. The van der Waals surface area contributed by atoms with Crippen LogP contribution in [-0.2, 0) is 4.79 Å². The van der Waals surface area contributed by atoms with E-state index < -0.39 is 5.82 Å². The van der Waals surface area contributed by atoms with E-state index in [4.69, 9.17) is 9.84 Å². The number of hydrazone groups is 1. The van der Waals surface area contributed by atoms with Crippen LogP contribution in [0.15, 0.2) is 70.0 Å². The fraction of sp³-hybridized carbons (Fsp3) is 0.250. The van der Waals surface area contributed by atoms with Gasteiger partial charge < -0.3 is 4.74 Å². The van der Waals surface area contributed by atoms with E-state index in [0.29, 0.717) is 0 Å². The minimum absolute atomic E-state index is 0.0751. The smallest absolute Gasteiger partial charge is 0.281 e. The molecule has 2 aliphatic rings. The quantitative estimate of drug-likeness (QED) is 0.466. The van der Waals surface area contributed by atoms with E-state index in [0.717, 1.165) is 29.9 Å². The first kappa shape index (κ1) is 20.2. The number of nitrogens with zero attached hydrogens (tertiary/aromatic N) is 2. The van der Waals surface area contributed by atoms with Crippen molar-refractivity contribution in [2.75, 3.05) is 6.61 Å². The molecule has 2 atom stereocenters. The lowest BCUT2D eigenvalue weighted by molar-refractivity contribution is -0.135. The lowest BCUT2D eigenvalue weighted by Crippen LogP contribution is -2.34. The average molecular weight is 453 g/mol. The Kier molecular flexibility index (Phi) is 5.70. The largest absolute Gasteiger partial charge is 0.481 e. The molecule has 2 aromatic heterocycles. The third kappa shape index (κ3) is 4.07. The first-order valence-corrected chi connectivity index (χ1v) is 12.0. The summed E-state index contributed by atoms with van der Waals surface area (Å²) in [7, 11) is 0. The Hall–Kier alpha value is -2.77. The predicted molar refractivity (Wildman–Crippen MR) is 123 cm³/mol. The zero-order valence-corrected chi connectivity index (χ0v) is 18.4. The van der Waals surface area contributed by atoms with Gasteiger partial charge in [0.25, 0.3) is 5.91 Å². The Morgan fingerprint density at radius 3 is 2.77 bits per heavy atom. The summed E-state index contributed by atoms with van der Waals surface area (Å²) in [6, 6.07) is 14.2. The average Bonchev–Trinajstić information content (AvgIpc) is 3.53. The van der Waals surface area contributed by atoms with Crippen molar-refractivity contribution < 1.29 is 13.9 Å².